The van der Waals surface area contributed by atoms with E-state index in [0.717, 1.165) is 19.3 Å². The van der Waals surface area contributed by atoms with Crippen molar-refractivity contribution in [3.8, 4) is 0 Å². The summed E-state index contributed by atoms with van der Waals surface area (Å²) in [4.78, 5) is 1.78. The fraction of sp³-hybridized carbons (Fsp3) is 1.00. The van der Waals surface area contributed by atoms with Crippen LogP contribution in [0.2, 0.25) is 0 Å². The molecule has 0 amide bonds. The molecular weight excluding hydrogens is 164 g/mol. The Kier molecular flexibility index (Phi) is 2.58. The minimum atomic E-state index is -2.28. The van der Waals surface area contributed by atoms with E-state index in [-0.39, 0.29) is 0 Å². The van der Waals surface area contributed by atoms with E-state index in [0.29, 0.717) is 12.8 Å². The van der Waals surface area contributed by atoms with Crippen LogP contribution >= 0.6 is 0 Å². The highest BCUT2D eigenvalue weighted by Gasteiger charge is 2.46. The first-order valence-corrected chi connectivity index (χ1v) is 4.74. The monoisotopic (exact) mass is 174 g/mol. The van der Waals surface area contributed by atoms with Gasteiger partial charge in [0.15, 0.2) is 0 Å². The number of rotatable bonds is 1. The molecule has 0 aromatic rings. The fourth-order valence-electron chi connectivity index (χ4n) is 1.40. The van der Waals surface area contributed by atoms with Crippen LogP contribution in [0.25, 0.3) is 4.98 Å². The molecule has 11 heavy (non-hydrogen) atoms. The predicted molar refractivity (Wildman–Crippen MR) is 39.8 cm³/mol. The molecule has 0 aliphatic heterocycles. The molecule has 5 heteroatoms. The van der Waals surface area contributed by atoms with Gasteiger partial charge in [-0.05, 0) is 12.8 Å². The van der Waals surface area contributed by atoms with Gasteiger partial charge in [0.2, 0.25) is 5.39 Å². The maximum atomic E-state index is 10.7. The van der Waals surface area contributed by atoms with Crippen LogP contribution in [0.3, 0.4) is 0 Å². The van der Waals surface area contributed by atoms with Gasteiger partial charge < -0.3 is 4.55 Å². The summed E-state index contributed by atoms with van der Waals surface area (Å²) >= 11 is -2.28. The lowest BCUT2D eigenvalue weighted by Gasteiger charge is -2.21. The van der Waals surface area contributed by atoms with Crippen LogP contribution in [0.5, 0.6) is 0 Å². The Morgan fingerprint density at radius 2 is 1.91 bits per heavy atom. The van der Waals surface area contributed by atoms with Crippen LogP contribution in [-0.2, 0) is 11.1 Å². The van der Waals surface area contributed by atoms with Crippen LogP contribution in [0, 0.1) is 5.39 Å². The largest absolute Gasteiger partial charge is 0.766 e. The normalized spacial score (nSPS) is 25.5. The number of diazo groups is 1. The molecule has 1 saturated carbocycles. The molecule has 0 bridgehead atoms. The Hall–Kier alpha value is -0.470. The minimum Gasteiger partial charge on any atom is -0.766 e. The molecule has 4 nitrogen and oxygen atoms in total. The lowest BCUT2D eigenvalue weighted by Crippen LogP contribution is -2.32. The summed E-state index contributed by atoms with van der Waals surface area (Å²) in [5.41, 5.74) is 0. The van der Waals surface area contributed by atoms with Gasteiger partial charge in [-0.3, -0.25) is 4.21 Å². The van der Waals surface area contributed by atoms with Gasteiger partial charge in [-0.1, -0.05) is 6.42 Å². The van der Waals surface area contributed by atoms with E-state index >= 15 is 0 Å². The van der Waals surface area contributed by atoms with E-state index in [1.54, 1.807) is 0 Å². The van der Waals surface area contributed by atoms with Gasteiger partial charge in [0.1, 0.15) is 4.98 Å². The summed E-state index contributed by atoms with van der Waals surface area (Å²) in [6.45, 7) is 0. The summed E-state index contributed by atoms with van der Waals surface area (Å²) < 4.78 is 21.3. The first-order valence-electron chi connectivity index (χ1n) is 3.67. The quantitative estimate of drug-likeness (QED) is 0.445. The molecule has 0 N–H and O–H groups in total. The zero-order valence-corrected chi connectivity index (χ0v) is 6.97. The van der Waals surface area contributed by atoms with Gasteiger partial charge in [0.05, 0.1) is 0 Å². The fourth-order valence-corrected chi connectivity index (χ4v) is 2.09. The van der Waals surface area contributed by atoms with Crippen molar-refractivity contribution in [1.82, 2.24) is 0 Å². The Balaban J connectivity index is 2.75. The van der Waals surface area contributed by atoms with Crippen molar-refractivity contribution in [2.45, 2.75) is 37.0 Å². The summed E-state index contributed by atoms with van der Waals surface area (Å²) in [6, 6.07) is 0. The van der Waals surface area contributed by atoms with E-state index in [9.17, 15) is 8.76 Å². The van der Waals surface area contributed by atoms with Crippen LogP contribution < -0.4 is 0 Å². The number of nitrogens with zero attached hydrogens (tertiary/aromatic N) is 2. The number of hydrogen-bond acceptors (Lipinski definition) is 3. The SMILES string of the molecule is N#[N+]C1(S(=O)[O-])CCCCC1. The predicted octanol–water partition coefficient (Wildman–Crippen LogP) is 1.38. The molecule has 1 unspecified atom stereocenters. The number of hydrogen-bond donors (Lipinski definition) is 0. The zero-order chi connectivity index (χ0) is 8.32. The third kappa shape index (κ3) is 1.57. The third-order valence-corrected chi connectivity index (χ3v) is 3.24. The molecule has 1 fully saturated rings. The second-order valence-electron chi connectivity index (χ2n) is 2.84. The molecular formula is C6H10N2O2S. The maximum absolute atomic E-state index is 10.7. The molecule has 1 rings (SSSR count). The van der Waals surface area contributed by atoms with E-state index < -0.39 is 16.0 Å². The van der Waals surface area contributed by atoms with E-state index in [1.807, 2.05) is 0 Å². The Morgan fingerprint density at radius 3 is 2.18 bits per heavy atom. The van der Waals surface area contributed by atoms with Gasteiger partial charge in [-0.2, -0.15) is 0 Å². The highest BCUT2D eigenvalue weighted by Crippen LogP contribution is 2.33. The second kappa shape index (κ2) is 3.28. The average molecular weight is 174 g/mol. The van der Waals surface area contributed by atoms with Crippen molar-refractivity contribution in [3.05, 3.63) is 4.98 Å². The van der Waals surface area contributed by atoms with E-state index in [4.69, 9.17) is 5.39 Å². The van der Waals surface area contributed by atoms with Gasteiger partial charge in [-0.15, -0.1) is 0 Å². The topological polar surface area (TPSA) is 68.3 Å². The lowest BCUT2D eigenvalue weighted by atomic mass is 9.95. The van der Waals surface area contributed by atoms with Crippen LogP contribution in [0.4, 0.5) is 0 Å². The third-order valence-electron chi connectivity index (χ3n) is 2.13. The highest BCUT2D eigenvalue weighted by molar-refractivity contribution is 7.80. The van der Waals surface area contributed by atoms with Crippen LogP contribution in [0.15, 0.2) is 0 Å². The molecule has 0 heterocycles. The van der Waals surface area contributed by atoms with Crippen molar-refractivity contribution < 1.29 is 8.76 Å². The van der Waals surface area contributed by atoms with Gasteiger partial charge in [0, 0.05) is 23.9 Å². The molecule has 0 aromatic carbocycles. The Bertz CT molecular complexity index is 205. The highest BCUT2D eigenvalue weighted by atomic mass is 32.2. The average Bonchev–Trinajstić information content (AvgIpc) is 2.05. The van der Waals surface area contributed by atoms with Crippen molar-refractivity contribution in [1.29, 1.82) is 5.39 Å². The first kappa shape index (κ1) is 8.62. The van der Waals surface area contributed by atoms with Crippen LogP contribution in [0.1, 0.15) is 32.1 Å². The molecule has 62 valence electrons. The van der Waals surface area contributed by atoms with E-state index in [2.05, 4.69) is 4.98 Å². The zero-order valence-electron chi connectivity index (χ0n) is 6.15. The van der Waals surface area contributed by atoms with Crippen molar-refractivity contribution >= 4 is 11.1 Å². The minimum absolute atomic E-state index is 0.458. The van der Waals surface area contributed by atoms with Crippen molar-refractivity contribution in [3.63, 3.8) is 0 Å². The Morgan fingerprint density at radius 1 is 1.36 bits per heavy atom. The van der Waals surface area contributed by atoms with E-state index in [1.165, 1.54) is 0 Å². The summed E-state index contributed by atoms with van der Waals surface area (Å²) in [7, 11) is 0. The molecule has 1 aliphatic rings. The maximum Gasteiger partial charge on any atom is 0.383 e. The van der Waals surface area contributed by atoms with Crippen LogP contribution in [-0.4, -0.2) is 13.6 Å². The molecule has 1 atom stereocenters. The Labute approximate surface area is 67.9 Å². The van der Waals surface area contributed by atoms with Crippen molar-refractivity contribution in [2.24, 2.45) is 0 Å². The molecule has 0 spiro atoms. The first-order chi connectivity index (χ1) is 5.21. The smallest absolute Gasteiger partial charge is 0.383 e. The molecule has 0 radical (unpaired) electrons. The van der Waals surface area contributed by atoms with Gasteiger partial charge >= 0.3 is 4.87 Å². The van der Waals surface area contributed by atoms with Crippen molar-refractivity contribution in [2.75, 3.05) is 0 Å². The molecule has 1 aliphatic carbocycles. The van der Waals surface area contributed by atoms with Gasteiger partial charge in [0.25, 0.3) is 0 Å². The summed E-state index contributed by atoms with van der Waals surface area (Å²) in [5.74, 6) is 0. The second-order valence-corrected chi connectivity index (χ2v) is 4.07. The summed E-state index contributed by atoms with van der Waals surface area (Å²) in [6.07, 6.45) is 3.61. The standard InChI is InChI=1S/C6H10N2O2S/c7-8-6(11(9)10)4-2-1-3-5-6/h1-5H2. The molecule has 0 aromatic heterocycles. The summed E-state index contributed by atoms with van der Waals surface area (Å²) in [5, 5.41) is 8.54. The lowest BCUT2D eigenvalue weighted by molar-refractivity contribution is 0.403. The van der Waals surface area contributed by atoms with Gasteiger partial charge in [-0.25, -0.2) is 0 Å². The molecule has 0 saturated heterocycles.